The Hall–Kier alpha value is -1.44. The molecule has 1 aromatic carbocycles. The average Bonchev–Trinajstić information content (AvgIpc) is 3.31. The van der Waals surface area contributed by atoms with E-state index in [-0.39, 0.29) is 29.6 Å². The first-order valence-corrected chi connectivity index (χ1v) is 18.4. The monoisotopic (exact) mass is 556 g/mol. The first-order valence-electron chi connectivity index (χ1n) is 14.7. The van der Waals surface area contributed by atoms with Gasteiger partial charge in [0.15, 0.2) is 0 Å². The summed E-state index contributed by atoms with van der Waals surface area (Å²) >= 11 is 0. The first kappa shape index (κ1) is 30.5. The van der Waals surface area contributed by atoms with Crippen LogP contribution in [0.2, 0.25) is 25.7 Å². The van der Waals surface area contributed by atoms with Crippen molar-refractivity contribution in [3.63, 3.8) is 0 Å². The van der Waals surface area contributed by atoms with Gasteiger partial charge in [-0.3, -0.25) is 0 Å². The van der Waals surface area contributed by atoms with Crippen LogP contribution < -0.4 is 4.74 Å². The molecule has 3 aliphatic carbocycles. The van der Waals surface area contributed by atoms with Crippen LogP contribution in [-0.2, 0) is 20.8 Å². The number of rotatable bonds is 10. The molecule has 1 spiro atoms. The molecule has 0 aromatic heterocycles. The Bertz CT molecular complexity index is 1030. The van der Waals surface area contributed by atoms with Crippen molar-refractivity contribution in [1.29, 1.82) is 0 Å². The highest BCUT2D eigenvalue weighted by atomic mass is 28.3. The fourth-order valence-electron chi connectivity index (χ4n) is 8.20. The zero-order valence-electron chi connectivity index (χ0n) is 25.6. The van der Waals surface area contributed by atoms with Crippen LogP contribution in [0.3, 0.4) is 0 Å². The minimum absolute atomic E-state index is 0.0706. The number of ether oxygens (including phenoxy) is 4. The van der Waals surface area contributed by atoms with Gasteiger partial charge in [0, 0.05) is 27.2 Å². The van der Waals surface area contributed by atoms with Crippen molar-refractivity contribution in [2.45, 2.75) is 103 Å². The van der Waals surface area contributed by atoms with E-state index in [1.54, 1.807) is 14.2 Å². The zero-order valence-corrected chi connectivity index (χ0v) is 26.6. The molecule has 1 N–H and O–H groups in total. The molecule has 5 nitrogen and oxygen atoms in total. The predicted molar refractivity (Wildman–Crippen MR) is 161 cm³/mol. The van der Waals surface area contributed by atoms with Gasteiger partial charge in [0.1, 0.15) is 11.4 Å². The molecule has 2 fully saturated rings. The Morgan fingerprint density at radius 2 is 1.72 bits per heavy atom. The summed E-state index contributed by atoms with van der Waals surface area (Å²) in [5, 5.41) is 12.9. The maximum absolute atomic E-state index is 12.9. The maximum atomic E-state index is 12.9. The number of hydrogen-bond donors (Lipinski definition) is 1. The lowest BCUT2D eigenvalue weighted by atomic mass is 9.39. The van der Waals surface area contributed by atoms with Crippen molar-refractivity contribution in [2.24, 2.45) is 22.2 Å². The van der Waals surface area contributed by atoms with Gasteiger partial charge in [0.2, 0.25) is 0 Å². The SMILES string of the molecule is C=C[C@@]1(O)[C@]2(C=CC[C@H]2OCC[Si](C)(C)C)[C@H](OC)CC2C(C)(C)[C@@H](OCc3ccc(OC)cc3)CC[C@]21C. The van der Waals surface area contributed by atoms with Crippen LogP contribution in [0.15, 0.2) is 49.1 Å². The lowest BCUT2D eigenvalue weighted by Gasteiger charge is -2.69. The number of methoxy groups -OCH3 is 2. The third kappa shape index (κ3) is 5.10. The molecule has 1 unspecified atom stereocenters. The lowest BCUT2D eigenvalue weighted by Crippen LogP contribution is -2.74. The molecule has 0 amide bonds. The van der Waals surface area contributed by atoms with Crippen LogP contribution in [0, 0.1) is 22.2 Å². The minimum Gasteiger partial charge on any atom is -0.497 e. The normalized spacial score (nSPS) is 37.6. The molecule has 0 bridgehead atoms. The standard InChI is InChI=1S/C33H52O5Si/c1-10-33(34)31(4)19-17-27(38-23-24-13-15-25(35-5)16-14-24)30(2,3)26(31)22-29(36-6)32(33)18-11-12-28(32)37-20-21-39(7,8)9/h10-11,13-16,18,26-29,34H,1,12,17,19-23H2,2-9H3/t26?,27-,28+,29+,31+,32-,33-/m0/s1. The second-order valence-corrected chi connectivity index (χ2v) is 19.8. The van der Waals surface area contributed by atoms with Crippen molar-refractivity contribution in [3.8, 4) is 5.75 Å². The van der Waals surface area contributed by atoms with E-state index in [9.17, 15) is 5.11 Å². The molecular weight excluding hydrogens is 504 g/mol. The third-order valence-electron chi connectivity index (χ3n) is 10.6. The fraction of sp³-hybridized carbons (Fsp3) is 0.697. The molecule has 2 saturated carbocycles. The molecule has 0 heterocycles. The minimum atomic E-state index is -1.25. The number of aliphatic hydroxyl groups is 1. The predicted octanol–water partition coefficient (Wildman–Crippen LogP) is 7.03. The third-order valence-corrected chi connectivity index (χ3v) is 12.3. The summed E-state index contributed by atoms with van der Waals surface area (Å²) < 4.78 is 24.9. The van der Waals surface area contributed by atoms with Gasteiger partial charge in [-0.05, 0) is 60.8 Å². The Morgan fingerprint density at radius 3 is 2.31 bits per heavy atom. The van der Waals surface area contributed by atoms with E-state index in [0.29, 0.717) is 6.61 Å². The lowest BCUT2D eigenvalue weighted by molar-refractivity contribution is -0.288. The highest BCUT2D eigenvalue weighted by Crippen LogP contribution is 2.69. The summed E-state index contributed by atoms with van der Waals surface area (Å²) in [6.07, 6.45) is 9.35. The molecular formula is C33H52O5Si. The topological polar surface area (TPSA) is 57.2 Å². The molecule has 3 aliphatic rings. The largest absolute Gasteiger partial charge is 0.497 e. The van der Waals surface area contributed by atoms with Crippen molar-refractivity contribution >= 4 is 8.07 Å². The van der Waals surface area contributed by atoms with Gasteiger partial charge in [0.05, 0.1) is 37.4 Å². The van der Waals surface area contributed by atoms with Crippen molar-refractivity contribution in [2.75, 3.05) is 20.8 Å². The summed E-state index contributed by atoms with van der Waals surface area (Å²) in [6.45, 7) is 19.6. The molecule has 0 radical (unpaired) electrons. The van der Waals surface area contributed by atoms with E-state index >= 15 is 0 Å². The molecule has 1 aromatic rings. The van der Waals surface area contributed by atoms with Gasteiger partial charge in [-0.1, -0.05) is 70.8 Å². The Labute approximate surface area is 238 Å². The van der Waals surface area contributed by atoms with Gasteiger partial charge in [0.25, 0.3) is 0 Å². The van der Waals surface area contributed by atoms with Crippen LogP contribution in [0.5, 0.6) is 5.75 Å². The van der Waals surface area contributed by atoms with E-state index in [1.807, 2.05) is 18.2 Å². The molecule has 6 heteroatoms. The highest BCUT2D eigenvalue weighted by molar-refractivity contribution is 6.76. The van der Waals surface area contributed by atoms with Crippen LogP contribution >= 0.6 is 0 Å². The second-order valence-electron chi connectivity index (χ2n) is 14.1. The quantitative estimate of drug-likeness (QED) is 0.248. The van der Waals surface area contributed by atoms with E-state index in [0.717, 1.165) is 49.6 Å². The van der Waals surface area contributed by atoms with Crippen LogP contribution in [0.1, 0.15) is 52.0 Å². The second kappa shape index (κ2) is 11.1. The number of fused-ring (bicyclic) bond motifs is 1. The summed E-state index contributed by atoms with van der Waals surface area (Å²) in [7, 11) is 2.23. The summed E-state index contributed by atoms with van der Waals surface area (Å²) in [6, 6.07) is 9.19. The Morgan fingerprint density at radius 1 is 1.03 bits per heavy atom. The molecule has 39 heavy (non-hydrogen) atoms. The van der Waals surface area contributed by atoms with Gasteiger partial charge in [-0.15, -0.1) is 6.58 Å². The molecule has 218 valence electrons. The van der Waals surface area contributed by atoms with Gasteiger partial charge in [-0.2, -0.15) is 0 Å². The number of hydrogen-bond acceptors (Lipinski definition) is 5. The summed E-state index contributed by atoms with van der Waals surface area (Å²) in [4.78, 5) is 0. The van der Waals surface area contributed by atoms with Gasteiger partial charge in [-0.25, -0.2) is 0 Å². The molecule has 4 rings (SSSR count). The maximum Gasteiger partial charge on any atom is 0.118 e. The van der Waals surface area contributed by atoms with E-state index in [2.05, 4.69) is 71.3 Å². The fourth-order valence-corrected chi connectivity index (χ4v) is 8.93. The van der Waals surface area contributed by atoms with Gasteiger partial charge < -0.3 is 24.1 Å². The zero-order chi connectivity index (χ0) is 28.7. The van der Waals surface area contributed by atoms with E-state index in [1.165, 1.54) is 0 Å². The number of benzene rings is 1. The average molecular weight is 557 g/mol. The van der Waals surface area contributed by atoms with Crippen LogP contribution in [0.4, 0.5) is 0 Å². The molecule has 0 aliphatic heterocycles. The van der Waals surface area contributed by atoms with Crippen molar-refractivity contribution in [3.05, 3.63) is 54.6 Å². The van der Waals surface area contributed by atoms with Gasteiger partial charge >= 0.3 is 0 Å². The van der Waals surface area contributed by atoms with E-state index in [4.69, 9.17) is 18.9 Å². The van der Waals surface area contributed by atoms with Crippen molar-refractivity contribution in [1.82, 2.24) is 0 Å². The molecule has 7 atom stereocenters. The highest BCUT2D eigenvalue weighted by Gasteiger charge is 2.73. The smallest absolute Gasteiger partial charge is 0.118 e. The Kier molecular flexibility index (Phi) is 8.68. The van der Waals surface area contributed by atoms with E-state index < -0.39 is 24.5 Å². The van der Waals surface area contributed by atoms with Crippen LogP contribution in [0.25, 0.3) is 0 Å². The molecule has 0 saturated heterocycles. The summed E-state index contributed by atoms with van der Waals surface area (Å²) in [5.41, 5.74) is -1.29. The summed E-state index contributed by atoms with van der Waals surface area (Å²) in [5.74, 6) is 1.02. The van der Waals surface area contributed by atoms with Crippen molar-refractivity contribution < 1.29 is 24.1 Å². The van der Waals surface area contributed by atoms with Crippen LogP contribution in [-0.4, -0.2) is 57.9 Å². The Balaban J connectivity index is 1.62. The first-order chi connectivity index (χ1) is 18.3.